The Hall–Kier alpha value is 0.0600. The molecule has 0 aliphatic carbocycles. The van der Waals surface area contributed by atoms with Gasteiger partial charge in [-0.25, -0.2) is 0 Å². The van der Waals surface area contributed by atoms with E-state index in [1.807, 2.05) is 6.07 Å². The molecule has 0 radical (unpaired) electrons. The van der Waals surface area contributed by atoms with Gasteiger partial charge in [-0.1, -0.05) is 0 Å². The van der Waals surface area contributed by atoms with Crippen LogP contribution in [0.1, 0.15) is 24.3 Å². The molecule has 1 fully saturated rings. The van der Waals surface area contributed by atoms with E-state index < -0.39 is 5.60 Å². The van der Waals surface area contributed by atoms with Crippen molar-refractivity contribution in [3.8, 4) is 0 Å². The predicted molar refractivity (Wildman–Crippen MR) is 68.8 cm³/mol. The molecule has 5 heteroatoms. The summed E-state index contributed by atoms with van der Waals surface area (Å²) in [6, 6.07) is 4.41. The largest absolute Gasteiger partial charge is 0.386 e. The first-order valence-corrected chi connectivity index (χ1v) is 6.99. The van der Waals surface area contributed by atoms with Crippen molar-refractivity contribution in [2.24, 2.45) is 0 Å². The zero-order chi connectivity index (χ0) is 11.6. The first kappa shape index (κ1) is 12.5. The molecule has 2 heterocycles. The standard InChI is InChI=1S/C11H16BrNO2S/c1-8(9-2-3-10(12)16-9)13-6-11(14)4-5-15-7-11/h2-3,8,13-14H,4-7H2,1H3. The van der Waals surface area contributed by atoms with Crippen LogP contribution >= 0.6 is 27.3 Å². The lowest BCUT2D eigenvalue weighted by molar-refractivity contribution is 0.0252. The summed E-state index contributed by atoms with van der Waals surface area (Å²) in [6.07, 6.45) is 0.723. The molecule has 0 spiro atoms. The average molecular weight is 306 g/mol. The molecular formula is C11H16BrNO2S. The molecule has 2 N–H and O–H groups in total. The number of rotatable bonds is 4. The van der Waals surface area contributed by atoms with Crippen LogP contribution in [0.15, 0.2) is 15.9 Å². The van der Waals surface area contributed by atoms with Crippen molar-refractivity contribution in [2.45, 2.75) is 25.0 Å². The summed E-state index contributed by atoms with van der Waals surface area (Å²) in [5.41, 5.74) is -0.678. The SMILES string of the molecule is CC(NCC1(O)CCOC1)c1ccc(Br)s1. The summed E-state index contributed by atoms with van der Waals surface area (Å²) in [6.45, 7) is 3.80. The van der Waals surface area contributed by atoms with E-state index in [0.717, 1.165) is 10.2 Å². The summed E-state index contributed by atoms with van der Waals surface area (Å²) in [5.74, 6) is 0. The van der Waals surface area contributed by atoms with Crippen LogP contribution in [0.2, 0.25) is 0 Å². The minimum absolute atomic E-state index is 0.265. The molecule has 1 aliphatic rings. The molecule has 3 nitrogen and oxygen atoms in total. The van der Waals surface area contributed by atoms with Gasteiger partial charge in [0.15, 0.2) is 0 Å². The van der Waals surface area contributed by atoms with Crippen LogP contribution in [0.4, 0.5) is 0 Å². The maximum Gasteiger partial charge on any atom is 0.103 e. The van der Waals surface area contributed by atoms with Crippen molar-refractivity contribution in [3.63, 3.8) is 0 Å². The van der Waals surface area contributed by atoms with Crippen LogP contribution < -0.4 is 5.32 Å². The highest BCUT2D eigenvalue weighted by Crippen LogP contribution is 2.27. The monoisotopic (exact) mass is 305 g/mol. The number of aliphatic hydroxyl groups is 1. The average Bonchev–Trinajstić information content (AvgIpc) is 2.85. The van der Waals surface area contributed by atoms with Crippen LogP contribution in [0.25, 0.3) is 0 Å². The number of hydrogen-bond acceptors (Lipinski definition) is 4. The Morgan fingerprint density at radius 3 is 3.06 bits per heavy atom. The molecule has 2 rings (SSSR count). The van der Waals surface area contributed by atoms with Gasteiger partial charge in [0.25, 0.3) is 0 Å². The van der Waals surface area contributed by atoms with Crippen molar-refractivity contribution in [3.05, 3.63) is 20.8 Å². The fourth-order valence-electron chi connectivity index (χ4n) is 1.74. The molecule has 1 aliphatic heterocycles. The Morgan fingerprint density at radius 1 is 1.69 bits per heavy atom. The summed E-state index contributed by atoms with van der Waals surface area (Å²) < 4.78 is 6.35. The van der Waals surface area contributed by atoms with Gasteiger partial charge in [0.2, 0.25) is 0 Å². The van der Waals surface area contributed by atoms with Gasteiger partial charge in [-0.3, -0.25) is 0 Å². The molecule has 2 unspecified atom stereocenters. The number of thiophene rings is 1. The van der Waals surface area contributed by atoms with Crippen molar-refractivity contribution < 1.29 is 9.84 Å². The molecule has 1 aromatic heterocycles. The Morgan fingerprint density at radius 2 is 2.50 bits per heavy atom. The number of nitrogens with one attached hydrogen (secondary N) is 1. The van der Waals surface area contributed by atoms with Crippen molar-refractivity contribution in [2.75, 3.05) is 19.8 Å². The van der Waals surface area contributed by atoms with E-state index >= 15 is 0 Å². The fraction of sp³-hybridized carbons (Fsp3) is 0.636. The van der Waals surface area contributed by atoms with Crippen LogP contribution in [-0.4, -0.2) is 30.5 Å². The topological polar surface area (TPSA) is 41.5 Å². The van der Waals surface area contributed by atoms with E-state index in [2.05, 4.69) is 34.2 Å². The Kier molecular flexibility index (Phi) is 4.02. The van der Waals surface area contributed by atoms with Gasteiger partial charge < -0.3 is 15.2 Å². The highest BCUT2D eigenvalue weighted by molar-refractivity contribution is 9.11. The quantitative estimate of drug-likeness (QED) is 0.897. The van der Waals surface area contributed by atoms with E-state index in [-0.39, 0.29) is 6.04 Å². The Bertz CT molecular complexity index is 350. The van der Waals surface area contributed by atoms with Gasteiger partial charge in [0.1, 0.15) is 5.60 Å². The minimum Gasteiger partial charge on any atom is -0.386 e. The van der Waals surface area contributed by atoms with E-state index in [9.17, 15) is 5.11 Å². The fourth-order valence-corrected chi connectivity index (χ4v) is 3.19. The third-order valence-electron chi connectivity index (χ3n) is 2.84. The molecular weight excluding hydrogens is 290 g/mol. The lowest BCUT2D eigenvalue weighted by atomic mass is 10.0. The van der Waals surface area contributed by atoms with Crippen molar-refractivity contribution >= 4 is 27.3 Å². The Balaban J connectivity index is 1.86. The third kappa shape index (κ3) is 3.05. The number of hydrogen-bond donors (Lipinski definition) is 2. The van der Waals surface area contributed by atoms with Crippen LogP contribution in [-0.2, 0) is 4.74 Å². The molecule has 2 atom stereocenters. The second kappa shape index (κ2) is 5.14. The summed E-state index contributed by atoms with van der Waals surface area (Å²) >= 11 is 5.17. The lowest BCUT2D eigenvalue weighted by Gasteiger charge is -2.23. The highest BCUT2D eigenvalue weighted by Gasteiger charge is 2.32. The zero-order valence-electron chi connectivity index (χ0n) is 9.20. The molecule has 1 aromatic rings. The van der Waals surface area contributed by atoms with E-state index in [0.29, 0.717) is 19.8 Å². The van der Waals surface area contributed by atoms with Gasteiger partial charge in [-0.15, -0.1) is 11.3 Å². The number of ether oxygens (including phenoxy) is 1. The molecule has 0 bridgehead atoms. The van der Waals surface area contributed by atoms with Gasteiger partial charge in [0, 0.05) is 30.5 Å². The van der Waals surface area contributed by atoms with Crippen molar-refractivity contribution in [1.29, 1.82) is 0 Å². The van der Waals surface area contributed by atoms with Gasteiger partial charge in [0.05, 0.1) is 10.4 Å². The van der Waals surface area contributed by atoms with Crippen molar-refractivity contribution in [1.82, 2.24) is 5.32 Å². The molecule has 0 amide bonds. The van der Waals surface area contributed by atoms with Crippen LogP contribution in [0, 0.1) is 0 Å². The Labute approximate surface area is 108 Å². The smallest absolute Gasteiger partial charge is 0.103 e. The van der Waals surface area contributed by atoms with Crippen LogP contribution in [0.5, 0.6) is 0 Å². The minimum atomic E-state index is -0.678. The second-order valence-electron chi connectivity index (χ2n) is 4.27. The summed E-state index contributed by atoms with van der Waals surface area (Å²) in [7, 11) is 0. The maximum atomic E-state index is 10.1. The van der Waals surface area contributed by atoms with E-state index in [1.54, 1.807) is 11.3 Å². The first-order chi connectivity index (χ1) is 7.59. The van der Waals surface area contributed by atoms with Gasteiger partial charge >= 0.3 is 0 Å². The predicted octanol–water partition coefficient (Wildman–Crippen LogP) is 2.31. The summed E-state index contributed by atoms with van der Waals surface area (Å²) in [4.78, 5) is 1.27. The molecule has 0 aromatic carbocycles. The molecule has 0 saturated carbocycles. The molecule has 16 heavy (non-hydrogen) atoms. The van der Waals surface area contributed by atoms with Crippen LogP contribution in [0.3, 0.4) is 0 Å². The number of halogens is 1. The lowest BCUT2D eigenvalue weighted by Crippen LogP contribution is -2.41. The maximum absolute atomic E-state index is 10.1. The van der Waals surface area contributed by atoms with E-state index in [4.69, 9.17) is 4.74 Å². The highest BCUT2D eigenvalue weighted by atomic mass is 79.9. The second-order valence-corrected chi connectivity index (χ2v) is 6.77. The molecule has 90 valence electrons. The third-order valence-corrected chi connectivity index (χ3v) is 4.65. The normalized spacial score (nSPS) is 27.2. The molecule has 1 saturated heterocycles. The zero-order valence-corrected chi connectivity index (χ0v) is 11.6. The van der Waals surface area contributed by atoms with E-state index in [1.165, 1.54) is 4.88 Å². The first-order valence-electron chi connectivity index (χ1n) is 5.38. The van der Waals surface area contributed by atoms with Gasteiger partial charge in [-0.05, 0) is 35.0 Å². The summed E-state index contributed by atoms with van der Waals surface area (Å²) in [5, 5.41) is 13.5. The van der Waals surface area contributed by atoms with Gasteiger partial charge in [-0.2, -0.15) is 0 Å².